The van der Waals surface area contributed by atoms with Crippen molar-refractivity contribution in [3.05, 3.63) is 71.8 Å². The second-order valence-electron chi connectivity index (χ2n) is 9.97. The fraction of sp³-hybridized carbons (Fsp3) is 0.333. The molecule has 1 aliphatic rings. The first-order chi connectivity index (χ1) is 18.7. The summed E-state index contributed by atoms with van der Waals surface area (Å²) in [5.41, 5.74) is 3.84. The molecule has 0 unspecified atom stereocenters. The zero-order chi connectivity index (χ0) is 27.3. The monoisotopic (exact) mass is 533 g/mol. The molecule has 6 rings (SSSR count). The summed E-state index contributed by atoms with van der Waals surface area (Å²) < 4.78 is 43.1. The van der Waals surface area contributed by atoms with Crippen LogP contribution in [-0.2, 0) is 12.7 Å². The van der Waals surface area contributed by atoms with Gasteiger partial charge in [-0.25, -0.2) is 29.4 Å². The highest BCUT2D eigenvalue weighted by molar-refractivity contribution is 5.69. The molecule has 4 heterocycles. The Morgan fingerprint density at radius 3 is 2.51 bits per heavy atom. The standard InChI is InChI=1S/C27H26F3N9/c1-15(2)38-13-20(27(28,29)30)35-25(38)19-6-4-17(5-7-19)12-32-24-26-31-10-11-39(26)37-23(36-24)21-16(3)33-14-34-22(21)18-8-9-18/h4-7,10-11,13-15,18H,8-9,12H2,1-3H3,(H,32,36,37). The predicted molar refractivity (Wildman–Crippen MR) is 139 cm³/mol. The lowest BCUT2D eigenvalue weighted by molar-refractivity contribution is -0.140. The van der Waals surface area contributed by atoms with Crippen LogP contribution in [0.2, 0.25) is 0 Å². The van der Waals surface area contributed by atoms with Crippen molar-refractivity contribution in [2.45, 2.75) is 58.3 Å². The van der Waals surface area contributed by atoms with E-state index in [1.807, 2.05) is 32.9 Å². The molecule has 0 aliphatic heterocycles. The largest absolute Gasteiger partial charge is 0.434 e. The summed E-state index contributed by atoms with van der Waals surface area (Å²) >= 11 is 0. The van der Waals surface area contributed by atoms with Crippen LogP contribution in [0, 0.1) is 6.92 Å². The number of nitrogens with one attached hydrogen (secondary N) is 1. The van der Waals surface area contributed by atoms with E-state index < -0.39 is 11.9 Å². The molecule has 0 saturated heterocycles. The van der Waals surface area contributed by atoms with E-state index in [0.717, 1.165) is 41.6 Å². The maximum absolute atomic E-state index is 13.3. The Balaban J connectivity index is 1.28. The summed E-state index contributed by atoms with van der Waals surface area (Å²) in [5.74, 6) is 1.77. The first-order valence-electron chi connectivity index (χ1n) is 12.7. The number of hydrogen-bond donors (Lipinski definition) is 1. The summed E-state index contributed by atoms with van der Waals surface area (Å²) in [6.45, 7) is 6.01. The lowest BCUT2D eigenvalue weighted by atomic mass is 10.1. The summed E-state index contributed by atoms with van der Waals surface area (Å²) in [5, 5.41) is 8.03. The van der Waals surface area contributed by atoms with E-state index in [9.17, 15) is 13.2 Å². The van der Waals surface area contributed by atoms with Crippen molar-refractivity contribution < 1.29 is 13.2 Å². The average molecular weight is 534 g/mol. The van der Waals surface area contributed by atoms with E-state index in [0.29, 0.717) is 35.3 Å². The molecule has 1 saturated carbocycles. The molecule has 1 N–H and O–H groups in total. The van der Waals surface area contributed by atoms with Gasteiger partial charge in [0.2, 0.25) is 0 Å². The Morgan fingerprint density at radius 1 is 1.05 bits per heavy atom. The first-order valence-corrected chi connectivity index (χ1v) is 12.7. The zero-order valence-electron chi connectivity index (χ0n) is 21.6. The van der Waals surface area contributed by atoms with Crippen molar-refractivity contribution in [2.24, 2.45) is 0 Å². The third-order valence-electron chi connectivity index (χ3n) is 6.76. The van der Waals surface area contributed by atoms with E-state index in [2.05, 4.69) is 30.4 Å². The van der Waals surface area contributed by atoms with Crippen LogP contribution in [0.3, 0.4) is 0 Å². The molecule has 1 aromatic carbocycles. The molecule has 1 fully saturated rings. The molecule has 1 aliphatic carbocycles. The second kappa shape index (κ2) is 9.44. The smallest absolute Gasteiger partial charge is 0.363 e. The van der Waals surface area contributed by atoms with Crippen molar-refractivity contribution in [3.63, 3.8) is 0 Å². The van der Waals surface area contributed by atoms with Gasteiger partial charge in [-0.1, -0.05) is 24.3 Å². The highest BCUT2D eigenvalue weighted by Crippen LogP contribution is 2.43. The first kappa shape index (κ1) is 25.0. The molecule has 0 atom stereocenters. The Morgan fingerprint density at radius 2 is 1.82 bits per heavy atom. The topological polar surface area (TPSA) is 98.7 Å². The van der Waals surface area contributed by atoms with Crippen LogP contribution < -0.4 is 5.32 Å². The van der Waals surface area contributed by atoms with Gasteiger partial charge in [-0.3, -0.25) is 0 Å². The van der Waals surface area contributed by atoms with Gasteiger partial charge in [0.25, 0.3) is 0 Å². The molecule has 4 aromatic heterocycles. The minimum absolute atomic E-state index is 0.173. The number of alkyl halides is 3. The third kappa shape index (κ3) is 4.82. The van der Waals surface area contributed by atoms with Gasteiger partial charge in [-0.2, -0.15) is 13.2 Å². The van der Waals surface area contributed by atoms with Gasteiger partial charge in [0, 0.05) is 42.7 Å². The summed E-state index contributed by atoms with van der Waals surface area (Å²) in [4.78, 5) is 22.0. The fourth-order valence-electron chi connectivity index (χ4n) is 4.58. The summed E-state index contributed by atoms with van der Waals surface area (Å²) in [7, 11) is 0. The zero-order valence-corrected chi connectivity index (χ0v) is 21.6. The number of hydrogen-bond acceptors (Lipinski definition) is 7. The van der Waals surface area contributed by atoms with Gasteiger partial charge >= 0.3 is 6.18 Å². The highest BCUT2D eigenvalue weighted by Gasteiger charge is 2.35. The number of imidazole rings is 2. The number of rotatable bonds is 7. The molecule has 0 spiro atoms. The van der Waals surface area contributed by atoms with E-state index in [4.69, 9.17) is 4.98 Å². The summed E-state index contributed by atoms with van der Waals surface area (Å²) in [6.07, 6.45) is 3.75. The van der Waals surface area contributed by atoms with Crippen molar-refractivity contribution in [1.29, 1.82) is 0 Å². The van der Waals surface area contributed by atoms with Gasteiger partial charge in [0.05, 0.1) is 17.0 Å². The third-order valence-corrected chi connectivity index (χ3v) is 6.76. The number of aryl methyl sites for hydroxylation is 1. The minimum atomic E-state index is -4.50. The highest BCUT2D eigenvalue weighted by atomic mass is 19.4. The molecule has 0 bridgehead atoms. The molecule has 5 aromatic rings. The molecular formula is C27H26F3N9. The van der Waals surface area contributed by atoms with Gasteiger partial charge in [-0.05, 0) is 39.2 Å². The van der Waals surface area contributed by atoms with Crippen LogP contribution in [-0.4, -0.2) is 39.1 Å². The van der Waals surface area contributed by atoms with Crippen LogP contribution in [0.25, 0.3) is 28.4 Å². The maximum atomic E-state index is 13.3. The molecule has 9 nitrogen and oxygen atoms in total. The lowest BCUT2D eigenvalue weighted by Crippen LogP contribution is -2.09. The van der Waals surface area contributed by atoms with Crippen LogP contribution in [0.5, 0.6) is 0 Å². The molecule has 200 valence electrons. The SMILES string of the molecule is Cc1ncnc(C2CC2)c1-c1nc(NCc2ccc(-c3nc(C(F)(F)F)cn3C(C)C)cc2)c2nccn2n1. The van der Waals surface area contributed by atoms with Crippen molar-refractivity contribution in [2.75, 3.05) is 5.32 Å². The molecule has 0 amide bonds. The van der Waals surface area contributed by atoms with E-state index in [-0.39, 0.29) is 11.9 Å². The Bertz CT molecular complexity index is 1650. The summed E-state index contributed by atoms with van der Waals surface area (Å²) in [6, 6.07) is 7.11. The van der Waals surface area contributed by atoms with Crippen LogP contribution in [0.15, 0.2) is 49.2 Å². The van der Waals surface area contributed by atoms with Gasteiger partial charge in [-0.15, -0.1) is 5.10 Å². The predicted octanol–water partition coefficient (Wildman–Crippen LogP) is 5.84. The van der Waals surface area contributed by atoms with Crippen LogP contribution >= 0.6 is 0 Å². The normalized spacial score (nSPS) is 13.9. The number of fused-ring (bicyclic) bond motifs is 1. The second-order valence-corrected chi connectivity index (χ2v) is 9.97. The van der Waals surface area contributed by atoms with Crippen LogP contribution in [0.4, 0.5) is 19.0 Å². The van der Waals surface area contributed by atoms with E-state index in [1.54, 1.807) is 39.9 Å². The number of nitrogens with zero attached hydrogens (tertiary/aromatic N) is 8. The molecule has 0 radical (unpaired) electrons. The van der Waals surface area contributed by atoms with Crippen molar-refractivity contribution >= 4 is 11.5 Å². The minimum Gasteiger partial charge on any atom is -0.363 e. The molecule has 39 heavy (non-hydrogen) atoms. The Labute approximate surface area is 222 Å². The Hall–Kier alpha value is -4.35. The number of halogens is 3. The fourth-order valence-corrected chi connectivity index (χ4v) is 4.58. The number of aromatic nitrogens is 8. The quantitative estimate of drug-likeness (QED) is 0.281. The Kier molecular flexibility index (Phi) is 6.04. The van der Waals surface area contributed by atoms with Crippen molar-refractivity contribution in [1.82, 2.24) is 39.1 Å². The molecular weight excluding hydrogens is 507 g/mol. The van der Waals surface area contributed by atoms with Crippen LogP contribution in [0.1, 0.15) is 61.3 Å². The van der Waals surface area contributed by atoms with E-state index >= 15 is 0 Å². The number of anilines is 1. The maximum Gasteiger partial charge on any atom is 0.434 e. The van der Waals surface area contributed by atoms with E-state index in [1.165, 1.54) is 0 Å². The lowest BCUT2D eigenvalue weighted by Gasteiger charge is -2.13. The van der Waals surface area contributed by atoms with Gasteiger partial charge < -0.3 is 9.88 Å². The van der Waals surface area contributed by atoms with Crippen molar-refractivity contribution in [3.8, 4) is 22.8 Å². The molecule has 12 heteroatoms. The average Bonchev–Trinajstić information content (AvgIpc) is 3.44. The number of benzene rings is 1. The van der Waals surface area contributed by atoms with Gasteiger partial charge in [0.1, 0.15) is 12.2 Å². The van der Waals surface area contributed by atoms with Gasteiger partial charge in [0.15, 0.2) is 23.0 Å².